The average Bonchev–Trinajstić information content (AvgIpc) is 2.92. The molecular formula is C30H28N4O2S. The third-order valence-electron chi connectivity index (χ3n) is 5.87. The highest BCUT2D eigenvalue weighted by molar-refractivity contribution is 7.80. The molecule has 6 nitrogen and oxygen atoms in total. The van der Waals surface area contributed by atoms with Crippen molar-refractivity contribution in [3.8, 4) is 0 Å². The van der Waals surface area contributed by atoms with E-state index in [9.17, 15) is 9.59 Å². The normalized spacial score (nSPS) is 11.4. The van der Waals surface area contributed by atoms with Crippen molar-refractivity contribution in [2.24, 2.45) is 5.73 Å². The highest BCUT2D eigenvalue weighted by Gasteiger charge is 2.29. The fraction of sp³-hybridized carbons (Fsp3) is 0.100. The highest BCUT2D eigenvalue weighted by atomic mass is 32.1. The molecule has 7 heteroatoms. The first kappa shape index (κ1) is 25.6. The van der Waals surface area contributed by atoms with Crippen molar-refractivity contribution >= 4 is 34.8 Å². The van der Waals surface area contributed by atoms with Crippen LogP contribution in [0.25, 0.3) is 0 Å². The lowest BCUT2D eigenvalue weighted by molar-refractivity contribution is -0.129. The Hall–Kier alpha value is -4.49. The van der Waals surface area contributed by atoms with Crippen LogP contribution in [-0.4, -0.2) is 16.9 Å². The largest absolute Gasteiger partial charge is 0.376 e. The van der Waals surface area contributed by atoms with Crippen molar-refractivity contribution < 1.29 is 9.59 Å². The van der Waals surface area contributed by atoms with Crippen LogP contribution in [0.15, 0.2) is 115 Å². The van der Waals surface area contributed by atoms with Gasteiger partial charge in [-0.05, 0) is 46.6 Å². The van der Waals surface area contributed by atoms with Crippen molar-refractivity contribution in [3.63, 3.8) is 0 Å². The molecule has 0 aliphatic carbocycles. The molecular weight excluding hydrogens is 480 g/mol. The molecule has 0 fully saturated rings. The molecule has 2 amide bonds. The van der Waals surface area contributed by atoms with Gasteiger partial charge < -0.3 is 21.7 Å². The average molecular weight is 509 g/mol. The van der Waals surface area contributed by atoms with Crippen LogP contribution in [0.4, 0.5) is 5.69 Å². The van der Waals surface area contributed by atoms with Crippen LogP contribution in [0.5, 0.6) is 0 Å². The summed E-state index contributed by atoms with van der Waals surface area (Å²) in [6.07, 6.45) is 0. The number of rotatable bonds is 9. The first-order valence-electron chi connectivity index (χ1n) is 11.9. The second-order valence-electron chi connectivity index (χ2n) is 8.51. The molecule has 4 aromatic carbocycles. The number of hydrogen-bond acceptors (Lipinski definition) is 3. The van der Waals surface area contributed by atoms with E-state index in [-0.39, 0.29) is 16.9 Å². The summed E-state index contributed by atoms with van der Waals surface area (Å²) >= 11 is 4.96. The Bertz CT molecular complexity index is 1310. The maximum Gasteiger partial charge on any atom is 0.247 e. The van der Waals surface area contributed by atoms with Crippen LogP contribution < -0.4 is 21.7 Å². The second kappa shape index (κ2) is 12.5. The molecule has 5 N–H and O–H groups in total. The van der Waals surface area contributed by atoms with E-state index in [2.05, 4.69) is 16.0 Å². The minimum absolute atomic E-state index is 0.111. The molecule has 0 saturated carbocycles. The van der Waals surface area contributed by atoms with Gasteiger partial charge in [0.15, 0.2) is 5.11 Å². The van der Waals surface area contributed by atoms with E-state index >= 15 is 0 Å². The third kappa shape index (κ3) is 7.02. The number of benzene rings is 4. The van der Waals surface area contributed by atoms with Crippen LogP contribution in [0.2, 0.25) is 0 Å². The SMILES string of the molecule is NC(=S)Nc1cccc([C@@H](NC(=O)C(c2ccccc2)c2ccccc2)C(=O)NCc2ccccc2)c1. The molecule has 4 aromatic rings. The Morgan fingerprint density at radius 2 is 1.24 bits per heavy atom. The van der Waals surface area contributed by atoms with Crippen LogP contribution in [0, 0.1) is 0 Å². The first-order chi connectivity index (χ1) is 18.0. The van der Waals surface area contributed by atoms with Gasteiger partial charge in [0, 0.05) is 12.2 Å². The smallest absolute Gasteiger partial charge is 0.247 e. The molecule has 0 radical (unpaired) electrons. The number of nitrogens with two attached hydrogens (primary N) is 1. The Balaban J connectivity index is 1.65. The fourth-order valence-corrected chi connectivity index (χ4v) is 4.26. The molecule has 0 bridgehead atoms. The maximum atomic E-state index is 13.8. The molecule has 0 unspecified atom stereocenters. The summed E-state index contributed by atoms with van der Waals surface area (Å²) in [6, 6.07) is 34.8. The first-order valence-corrected chi connectivity index (χ1v) is 12.3. The zero-order valence-corrected chi connectivity index (χ0v) is 21.0. The van der Waals surface area contributed by atoms with Gasteiger partial charge in [0.1, 0.15) is 6.04 Å². The summed E-state index contributed by atoms with van der Waals surface area (Å²) in [5.41, 5.74) is 9.49. The van der Waals surface area contributed by atoms with E-state index in [0.717, 1.165) is 16.7 Å². The van der Waals surface area contributed by atoms with Crippen molar-refractivity contribution in [3.05, 3.63) is 138 Å². The Labute approximate surface area is 221 Å². The Morgan fingerprint density at radius 1 is 0.703 bits per heavy atom. The molecule has 4 rings (SSSR count). The molecule has 0 saturated heterocycles. The lowest BCUT2D eigenvalue weighted by Gasteiger charge is -2.24. The van der Waals surface area contributed by atoms with Gasteiger partial charge in [0.25, 0.3) is 0 Å². The van der Waals surface area contributed by atoms with E-state index in [1.807, 2.05) is 91.0 Å². The second-order valence-corrected chi connectivity index (χ2v) is 8.95. The van der Waals surface area contributed by atoms with Gasteiger partial charge in [0.2, 0.25) is 11.8 Å². The topological polar surface area (TPSA) is 96.2 Å². The number of hydrogen-bond donors (Lipinski definition) is 4. The van der Waals surface area contributed by atoms with Gasteiger partial charge in [-0.1, -0.05) is 103 Å². The van der Waals surface area contributed by atoms with Crippen molar-refractivity contribution in [1.29, 1.82) is 0 Å². The van der Waals surface area contributed by atoms with Crippen LogP contribution >= 0.6 is 12.2 Å². The van der Waals surface area contributed by atoms with E-state index in [0.29, 0.717) is 17.8 Å². The van der Waals surface area contributed by atoms with E-state index < -0.39 is 12.0 Å². The quantitative estimate of drug-likeness (QED) is 0.247. The van der Waals surface area contributed by atoms with E-state index in [4.69, 9.17) is 18.0 Å². The van der Waals surface area contributed by atoms with Crippen molar-refractivity contribution in [2.75, 3.05) is 5.32 Å². The predicted molar refractivity (Wildman–Crippen MR) is 151 cm³/mol. The summed E-state index contributed by atoms with van der Waals surface area (Å²) in [7, 11) is 0. The third-order valence-corrected chi connectivity index (χ3v) is 5.98. The number of nitrogens with one attached hydrogen (secondary N) is 3. The number of thiocarbonyl (C=S) groups is 1. The molecule has 37 heavy (non-hydrogen) atoms. The fourth-order valence-electron chi connectivity index (χ4n) is 4.14. The zero-order chi connectivity index (χ0) is 26.0. The molecule has 0 heterocycles. The van der Waals surface area contributed by atoms with Crippen molar-refractivity contribution in [1.82, 2.24) is 10.6 Å². The van der Waals surface area contributed by atoms with Crippen LogP contribution in [0.3, 0.4) is 0 Å². The summed E-state index contributed by atoms with van der Waals surface area (Å²) in [6.45, 7) is 0.331. The number of carbonyl (C=O) groups excluding carboxylic acids is 2. The highest BCUT2D eigenvalue weighted by Crippen LogP contribution is 2.27. The van der Waals surface area contributed by atoms with Crippen molar-refractivity contribution in [2.45, 2.75) is 18.5 Å². The molecule has 0 spiro atoms. The monoisotopic (exact) mass is 508 g/mol. The Morgan fingerprint density at radius 3 is 1.81 bits per heavy atom. The van der Waals surface area contributed by atoms with Gasteiger partial charge in [-0.3, -0.25) is 9.59 Å². The summed E-state index contributed by atoms with van der Waals surface area (Å²) in [4.78, 5) is 27.3. The lowest BCUT2D eigenvalue weighted by atomic mass is 9.90. The number of anilines is 1. The maximum absolute atomic E-state index is 13.8. The Kier molecular flexibility index (Phi) is 8.62. The molecule has 0 aliphatic rings. The summed E-state index contributed by atoms with van der Waals surface area (Å²) in [5.74, 6) is -1.21. The zero-order valence-electron chi connectivity index (χ0n) is 20.1. The van der Waals surface area contributed by atoms with Gasteiger partial charge >= 0.3 is 0 Å². The molecule has 186 valence electrons. The summed E-state index contributed by atoms with van der Waals surface area (Å²) < 4.78 is 0. The lowest BCUT2D eigenvalue weighted by Crippen LogP contribution is -2.42. The minimum Gasteiger partial charge on any atom is -0.376 e. The molecule has 1 atom stereocenters. The minimum atomic E-state index is -0.945. The number of amides is 2. The van der Waals surface area contributed by atoms with Crippen LogP contribution in [-0.2, 0) is 16.1 Å². The predicted octanol–water partition coefficient (Wildman–Crippen LogP) is 4.65. The molecule has 0 aliphatic heterocycles. The number of carbonyl (C=O) groups is 2. The molecule has 0 aromatic heterocycles. The van der Waals surface area contributed by atoms with E-state index in [1.54, 1.807) is 24.3 Å². The van der Waals surface area contributed by atoms with Gasteiger partial charge in [-0.2, -0.15) is 0 Å². The van der Waals surface area contributed by atoms with Crippen LogP contribution in [0.1, 0.15) is 34.2 Å². The van der Waals surface area contributed by atoms with Gasteiger partial charge in [-0.15, -0.1) is 0 Å². The van der Waals surface area contributed by atoms with Gasteiger partial charge in [0.05, 0.1) is 5.92 Å². The van der Waals surface area contributed by atoms with Gasteiger partial charge in [-0.25, -0.2) is 0 Å². The van der Waals surface area contributed by atoms with E-state index in [1.165, 1.54) is 0 Å². The summed E-state index contributed by atoms with van der Waals surface area (Å²) in [5, 5.41) is 8.96. The standard InChI is InChI=1S/C30H28N4O2S/c31-30(37)33-25-18-10-17-24(19-25)27(29(36)32-20-21-11-4-1-5-12-21)34-28(35)26(22-13-6-2-7-14-22)23-15-8-3-9-16-23/h1-19,26-27H,20H2,(H,32,36)(H,34,35)(H3,31,33,37)/t27-/m1/s1.